The van der Waals surface area contributed by atoms with Gasteiger partial charge >= 0.3 is 5.97 Å². The predicted molar refractivity (Wildman–Crippen MR) is 111 cm³/mol. The molecule has 1 saturated heterocycles. The quantitative estimate of drug-likeness (QED) is 0.641. The Balaban J connectivity index is 1.58. The number of nitrogens with one attached hydrogen (secondary N) is 1. The van der Waals surface area contributed by atoms with Gasteiger partial charge in [0.1, 0.15) is 5.76 Å². The second-order valence-electron chi connectivity index (χ2n) is 7.48. The van der Waals surface area contributed by atoms with Gasteiger partial charge in [-0.15, -0.1) is 0 Å². The molecule has 0 saturated carbocycles. The lowest BCUT2D eigenvalue weighted by Gasteiger charge is -2.36. The third-order valence-electron chi connectivity index (χ3n) is 4.78. The molecule has 0 radical (unpaired) electrons. The number of hydrogen-bond donors (Lipinski definition) is 1. The van der Waals surface area contributed by atoms with Gasteiger partial charge in [0.25, 0.3) is 5.91 Å². The average Bonchev–Trinajstić information content (AvgIpc) is 3.25. The van der Waals surface area contributed by atoms with E-state index in [9.17, 15) is 18.0 Å². The van der Waals surface area contributed by atoms with Crippen LogP contribution in [-0.4, -0.2) is 56.6 Å². The van der Waals surface area contributed by atoms with Crippen molar-refractivity contribution in [3.05, 3.63) is 54.0 Å². The van der Waals surface area contributed by atoms with Crippen LogP contribution in [0.3, 0.4) is 0 Å². The van der Waals surface area contributed by atoms with Gasteiger partial charge in [-0.05, 0) is 57.2 Å². The molecule has 0 aliphatic carbocycles. The van der Waals surface area contributed by atoms with Crippen LogP contribution >= 0.6 is 0 Å². The van der Waals surface area contributed by atoms with Crippen LogP contribution in [0.2, 0.25) is 0 Å². The fourth-order valence-corrected chi connectivity index (χ4v) is 4.32. The smallest absolute Gasteiger partial charge is 0.338 e. The van der Waals surface area contributed by atoms with Crippen LogP contribution in [0.25, 0.3) is 0 Å². The van der Waals surface area contributed by atoms with Crippen molar-refractivity contribution in [2.24, 2.45) is 0 Å². The molecule has 3 rings (SSSR count). The maximum atomic E-state index is 12.6. The molecule has 3 unspecified atom stereocenters. The van der Waals surface area contributed by atoms with Crippen LogP contribution < -0.4 is 4.72 Å². The number of rotatable bonds is 7. The highest BCUT2D eigenvalue weighted by atomic mass is 32.2. The number of benzene rings is 1. The van der Waals surface area contributed by atoms with E-state index in [0.29, 0.717) is 18.8 Å². The van der Waals surface area contributed by atoms with Crippen molar-refractivity contribution in [3.8, 4) is 0 Å². The molecule has 0 bridgehead atoms. The molecule has 2 heterocycles. The van der Waals surface area contributed by atoms with Gasteiger partial charge in [0, 0.05) is 13.1 Å². The minimum Gasteiger partial charge on any atom is -0.468 e. The first-order valence-corrected chi connectivity index (χ1v) is 11.4. The number of amides is 1. The largest absolute Gasteiger partial charge is 0.468 e. The summed E-state index contributed by atoms with van der Waals surface area (Å²) in [7, 11) is -3.78. The highest BCUT2D eigenvalue weighted by Crippen LogP contribution is 2.15. The van der Waals surface area contributed by atoms with Crippen LogP contribution in [0.1, 0.15) is 36.9 Å². The van der Waals surface area contributed by atoms with Gasteiger partial charge in [-0.1, -0.05) is 0 Å². The lowest BCUT2D eigenvalue weighted by atomic mass is 10.2. The number of carbonyl (C=O) groups is 2. The third kappa shape index (κ3) is 5.93. The number of esters is 1. The standard InChI is InChI=1S/C21H26N2O7S/c1-14-12-23(13-15(2)29-14)20(24)16(3)30-21(25)17-6-8-19(9-7-17)31(26,27)22-11-18-5-4-10-28-18/h4-10,14-16,22H,11-13H2,1-3H3. The summed E-state index contributed by atoms with van der Waals surface area (Å²) >= 11 is 0. The maximum Gasteiger partial charge on any atom is 0.338 e. The van der Waals surface area contributed by atoms with Gasteiger partial charge in [-0.2, -0.15) is 0 Å². The van der Waals surface area contributed by atoms with E-state index in [4.69, 9.17) is 13.9 Å². The number of hydrogen-bond acceptors (Lipinski definition) is 7. The van der Waals surface area contributed by atoms with Crippen molar-refractivity contribution in [3.63, 3.8) is 0 Å². The summed E-state index contributed by atoms with van der Waals surface area (Å²) in [5, 5.41) is 0. The number of carbonyl (C=O) groups excluding carboxylic acids is 2. The van der Waals surface area contributed by atoms with Gasteiger partial charge in [0.2, 0.25) is 10.0 Å². The van der Waals surface area contributed by atoms with E-state index in [1.807, 2.05) is 13.8 Å². The summed E-state index contributed by atoms with van der Waals surface area (Å²) < 4.78 is 43.2. The summed E-state index contributed by atoms with van der Waals surface area (Å²) in [4.78, 5) is 26.6. The summed E-state index contributed by atoms with van der Waals surface area (Å²) in [5.74, 6) is -0.522. The predicted octanol–water partition coefficient (Wildman–Crippen LogP) is 1.94. The van der Waals surface area contributed by atoms with E-state index in [1.54, 1.807) is 17.0 Å². The van der Waals surface area contributed by atoms with Gasteiger partial charge in [-0.25, -0.2) is 17.9 Å². The molecule has 31 heavy (non-hydrogen) atoms. The Kier molecular flexibility index (Phi) is 7.14. The summed E-state index contributed by atoms with van der Waals surface area (Å²) in [6.07, 6.45) is 0.303. The van der Waals surface area contributed by atoms with Crippen molar-refractivity contribution in [1.82, 2.24) is 9.62 Å². The van der Waals surface area contributed by atoms with E-state index >= 15 is 0 Å². The number of ether oxygens (including phenoxy) is 2. The second-order valence-corrected chi connectivity index (χ2v) is 9.24. The Morgan fingerprint density at radius 3 is 2.39 bits per heavy atom. The van der Waals surface area contributed by atoms with Crippen molar-refractivity contribution in [1.29, 1.82) is 0 Å². The first-order chi connectivity index (χ1) is 14.7. The molecule has 9 nitrogen and oxygen atoms in total. The highest BCUT2D eigenvalue weighted by Gasteiger charge is 2.30. The van der Waals surface area contributed by atoms with Crippen LogP contribution in [0.4, 0.5) is 0 Å². The Morgan fingerprint density at radius 2 is 1.81 bits per heavy atom. The number of nitrogens with zero attached hydrogens (tertiary/aromatic N) is 1. The number of morpholine rings is 1. The molecule has 1 aliphatic rings. The van der Waals surface area contributed by atoms with E-state index in [0.717, 1.165) is 0 Å². The van der Waals surface area contributed by atoms with Crippen molar-refractivity contribution < 1.29 is 31.9 Å². The Bertz CT molecular complexity index is 993. The molecule has 1 aromatic carbocycles. The zero-order chi connectivity index (χ0) is 22.6. The molecule has 1 aromatic heterocycles. The molecular formula is C21H26N2O7S. The van der Waals surface area contributed by atoms with Crippen molar-refractivity contribution >= 4 is 21.9 Å². The van der Waals surface area contributed by atoms with E-state index in [-0.39, 0.29) is 35.1 Å². The van der Waals surface area contributed by atoms with Gasteiger partial charge in [0.05, 0.1) is 35.5 Å². The Labute approximate surface area is 181 Å². The van der Waals surface area contributed by atoms with E-state index in [1.165, 1.54) is 37.5 Å². The average molecular weight is 451 g/mol. The fraction of sp³-hybridized carbons (Fsp3) is 0.429. The molecule has 0 spiro atoms. The highest BCUT2D eigenvalue weighted by molar-refractivity contribution is 7.89. The molecule has 1 fully saturated rings. The van der Waals surface area contributed by atoms with Crippen LogP contribution in [0.5, 0.6) is 0 Å². The molecule has 10 heteroatoms. The van der Waals surface area contributed by atoms with Crippen LogP contribution in [0.15, 0.2) is 52.0 Å². The zero-order valence-corrected chi connectivity index (χ0v) is 18.4. The lowest BCUT2D eigenvalue weighted by Crippen LogP contribution is -2.51. The van der Waals surface area contributed by atoms with E-state index < -0.39 is 22.1 Å². The van der Waals surface area contributed by atoms with Crippen LogP contribution in [0, 0.1) is 0 Å². The summed E-state index contributed by atoms with van der Waals surface area (Å²) in [5.41, 5.74) is 0.147. The molecule has 1 N–H and O–H groups in total. The monoisotopic (exact) mass is 450 g/mol. The van der Waals surface area contributed by atoms with Gasteiger partial charge in [0.15, 0.2) is 6.10 Å². The third-order valence-corrected chi connectivity index (χ3v) is 6.20. The lowest BCUT2D eigenvalue weighted by molar-refractivity contribution is -0.151. The van der Waals surface area contributed by atoms with Crippen molar-refractivity contribution in [2.45, 2.75) is 50.5 Å². The Hall–Kier alpha value is -2.69. The van der Waals surface area contributed by atoms with Gasteiger partial charge in [-0.3, -0.25) is 4.79 Å². The second kappa shape index (κ2) is 9.63. The number of sulfonamides is 1. The van der Waals surface area contributed by atoms with Crippen molar-refractivity contribution in [2.75, 3.05) is 13.1 Å². The molecule has 1 aliphatic heterocycles. The van der Waals surface area contributed by atoms with Crippen LogP contribution in [-0.2, 0) is 30.8 Å². The fourth-order valence-electron chi connectivity index (χ4n) is 3.33. The molecule has 168 valence electrons. The topological polar surface area (TPSA) is 115 Å². The first kappa shape index (κ1) is 23.0. The maximum absolute atomic E-state index is 12.6. The Morgan fingerprint density at radius 1 is 1.16 bits per heavy atom. The first-order valence-electron chi connectivity index (χ1n) is 9.93. The normalized spacial score (nSPS) is 20.3. The molecule has 1 amide bonds. The molecular weight excluding hydrogens is 424 g/mol. The van der Waals surface area contributed by atoms with E-state index in [2.05, 4.69) is 4.72 Å². The molecule has 3 atom stereocenters. The summed E-state index contributed by atoms with van der Waals surface area (Å²) in [6, 6.07) is 8.62. The summed E-state index contributed by atoms with van der Waals surface area (Å²) in [6.45, 7) is 6.16. The minimum atomic E-state index is -3.78. The zero-order valence-electron chi connectivity index (χ0n) is 17.6. The van der Waals surface area contributed by atoms with Gasteiger partial charge < -0.3 is 18.8 Å². The molecule has 2 aromatic rings. The SMILES string of the molecule is CC1CN(C(=O)C(C)OC(=O)c2ccc(S(=O)(=O)NCc3ccco3)cc2)CC(C)O1. The number of furan rings is 1. The minimum absolute atomic E-state index is 0.00368.